The van der Waals surface area contributed by atoms with Crippen LogP contribution in [0.1, 0.15) is 37.9 Å². The van der Waals surface area contributed by atoms with Crippen molar-refractivity contribution in [3.05, 3.63) is 47.8 Å². The number of carbonyl (C=O) groups excluding carboxylic acids is 4. The molecule has 10 nitrogen and oxygen atoms in total. The van der Waals surface area contributed by atoms with Crippen LogP contribution in [0.15, 0.2) is 36.5 Å². The zero-order chi connectivity index (χ0) is 23.8. The number of ether oxygens (including phenoxy) is 1. The molecule has 2 aromatic rings. The van der Waals surface area contributed by atoms with E-state index in [1.54, 1.807) is 24.7 Å². The maximum atomic E-state index is 13.1. The topological polar surface area (TPSA) is 132 Å². The molecule has 2 N–H and O–H groups in total. The lowest BCUT2D eigenvalue weighted by Crippen LogP contribution is -2.46. The van der Waals surface area contributed by atoms with Gasteiger partial charge in [0.05, 0.1) is 24.5 Å². The molecule has 0 bridgehead atoms. The summed E-state index contributed by atoms with van der Waals surface area (Å²) >= 11 is 0. The first-order valence-corrected chi connectivity index (χ1v) is 11.0. The van der Waals surface area contributed by atoms with Crippen LogP contribution in [-0.2, 0) is 38.7 Å². The summed E-state index contributed by atoms with van der Waals surface area (Å²) in [7, 11) is 0. The molecule has 0 spiro atoms. The summed E-state index contributed by atoms with van der Waals surface area (Å²) in [6.45, 7) is 4.33. The number of nitrogens with zero attached hydrogens (tertiary/aromatic N) is 3. The van der Waals surface area contributed by atoms with Crippen molar-refractivity contribution < 1.29 is 23.9 Å². The van der Waals surface area contributed by atoms with E-state index in [-0.39, 0.29) is 31.3 Å². The highest BCUT2D eigenvalue weighted by Gasteiger charge is 2.32. The predicted molar refractivity (Wildman–Crippen MR) is 118 cm³/mol. The Morgan fingerprint density at radius 2 is 2.00 bits per heavy atom. The van der Waals surface area contributed by atoms with Crippen LogP contribution in [0.5, 0.6) is 0 Å². The van der Waals surface area contributed by atoms with Crippen LogP contribution >= 0.6 is 0 Å². The van der Waals surface area contributed by atoms with E-state index in [2.05, 4.69) is 20.9 Å². The van der Waals surface area contributed by atoms with Crippen LogP contribution < -0.4 is 10.6 Å². The number of nitrogens with one attached hydrogen (secondary N) is 2. The van der Waals surface area contributed by atoms with E-state index < -0.39 is 29.7 Å². The summed E-state index contributed by atoms with van der Waals surface area (Å²) in [6, 6.07) is 8.36. The van der Waals surface area contributed by atoms with Crippen LogP contribution in [0.25, 0.3) is 0 Å². The van der Waals surface area contributed by atoms with Crippen LogP contribution in [0.3, 0.4) is 0 Å². The molecule has 0 fully saturated rings. The minimum atomic E-state index is -0.841. The molecule has 33 heavy (non-hydrogen) atoms. The fraction of sp³-hybridized carbons (Fsp3) is 0.478. The first-order valence-electron chi connectivity index (χ1n) is 11.0. The van der Waals surface area contributed by atoms with Gasteiger partial charge >= 0.3 is 6.09 Å². The summed E-state index contributed by atoms with van der Waals surface area (Å²) in [5.74, 6) is -2.69. The van der Waals surface area contributed by atoms with Gasteiger partial charge in [-0.1, -0.05) is 49.4 Å². The quantitative estimate of drug-likeness (QED) is 0.604. The summed E-state index contributed by atoms with van der Waals surface area (Å²) in [5, 5.41) is 13.1. The highest BCUT2D eigenvalue weighted by molar-refractivity contribution is 6.37. The Kier molecular flexibility index (Phi) is 8.28. The Morgan fingerprint density at radius 3 is 2.73 bits per heavy atom. The van der Waals surface area contributed by atoms with Crippen molar-refractivity contribution in [3.63, 3.8) is 0 Å². The average Bonchev–Trinajstić information content (AvgIpc) is 3.25. The van der Waals surface area contributed by atoms with Gasteiger partial charge in [-0.15, -0.1) is 5.10 Å². The number of aromatic nitrogens is 3. The SMILES string of the molecule is CC(C)C(NC(=O)OCc1ccccc1)C(=O)CC1CCc2cnnn2CCNC(=O)C1=O. The lowest BCUT2D eigenvalue weighted by Gasteiger charge is -2.23. The number of amides is 2. The minimum absolute atomic E-state index is 0.0781. The number of benzene rings is 1. The van der Waals surface area contributed by atoms with Crippen LogP contribution in [0.2, 0.25) is 0 Å². The zero-order valence-corrected chi connectivity index (χ0v) is 18.8. The number of alkyl carbamates (subject to hydrolysis) is 1. The monoisotopic (exact) mass is 455 g/mol. The highest BCUT2D eigenvalue weighted by atomic mass is 16.5. The summed E-state index contributed by atoms with van der Waals surface area (Å²) in [5.41, 5.74) is 1.66. The number of Topliss-reactive ketones (excluding diaryl/α,β-unsaturated/α-hetero) is 2. The van der Waals surface area contributed by atoms with E-state index in [1.165, 1.54) is 0 Å². The Morgan fingerprint density at radius 1 is 1.24 bits per heavy atom. The standard InChI is InChI=1S/C23H29N5O5/c1-15(2)20(26-23(32)33-14-16-6-4-3-5-7-16)19(29)12-17-8-9-18-13-25-27-28(18)11-10-24-22(31)21(17)30/h3-7,13,15,17,20H,8-12,14H2,1-2H3,(H,24,31)(H,26,32). The van der Waals surface area contributed by atoms with Crippen molar-refractivity contribution in [2.24, 2.45) is 11.8 Å². The number of ketones is 2. The molecule has 1 aliphatic rings. The molecule has 3 rings (SSSR count). The van der Waals surface area contributed by atoms with Crippen LogP contribution in [0.4, 0.5) is 4.79 Å². The first-order chi connectivity index (χ1) is 15.8. The van der Waals surface area contributed by atoms with E-state index in [0.29, 0.717) is 19.4 Å². The lowest BCUT2D eigenvalue weighted by molar-refractivity contribution is -0.141. The van der Waals surface area contributed by atoms with Crippen LogP contribution in [-0.4, -0.2) is 51.1 Å². The largest absolute Gasteiger partial charge is 0.445 e. The van der Waals surface area contributed by atoms with Crippen LogP contribution in [0, 0.1) is 11.8 Å². The number of aryl methyl sites for hydroxylation is 1. The van der Waals surface area contributed by atoms with E-state index >= 15 is 0 Å². The normalized spacial score (nSPS) is 17.6. The molecule has 2 atom stereocenters. The number of rotatable bonds is 7. The molecule has 176 valence electrons. The minimum Gasteiger partial charge on any atom is -0.445 e. The molecule has 1 aromatic carbocycles. The average molecular weight is 456 g/mol. The maximum Gasteiger partial charge on any atom is 0.408 e. The van der Waals surface area contributed by atoms with E-state index in [1.807, 2.05) is 30.3 Å². The molecule has 0 radical (unpaired) electrons. The van der Waals surface area contributed by atoms with Gasteiger partial charge in [-0.2, -0.15) is 0 Å². The van der Waals surface area contributed by atoms with Gasteiger partial charge in [0.2, 0.25) is 5.78 Å². The predicted octanol–water partition coefficient (Wildman–Crippen LogP) is 1.44. The summed E-state index contributed by atoms with van der Waals surface area (Å²) in [4.78, 5) is 50.4. The van der Waals surface area contributed by atoms with E-state index in [9.17, 15) is 19.2 Å². The first kappa shape index (κ1) is 24.1. The molecule has 0 saturated heterocycles. The van der Waals surface area contributed by atoms with Gasteiger partial charge in [0.1, 0.15) is 6.61 Å². The van der Waals surface area contributed by atoms with Crippen molar-refractivity contribution in [1.29, 1.82) is 0 Å². The molecule has 0 saturated carbocycles. The van der Waals surface area contributed by atoms with E-state index in [0.717, 1.165) is 11.3 Å². The Hall–Kier alpha value is -3.56. The van der Waals surface area contributed by atoms with Crippen molar-refractivity contribution in [2.75, 3.05) is 6.54 Å². The van der Waals surface area contributed by atoms with Gasteiger partial charge in [-0.25, -0.2) is 9.48 Å². The molecular weight excluding hydrogens is 426 g/mol. The highest BCUT2D eigenvalue weighted by Crippen LogP contribution is 2.19. The Balaban J connectivity index is 1.64. The molecule has 0 aliphatic carbocycles. The number of hydrogen-bond donors (Lipinski definition) is 2. The van der Waals surface area contributed by atoms with Gasteiger partial charge in [0.25, 0.3) is 5.91 Å². The number of carbonyl (C=O) groups is 4. The molecule has 10 heteroatoms. The second kappa shape index (κ2) is 11.3. The van der Waals surface area contributed by atoms with Gasteiger partial charge in [0.15, 0.2) is 5.78 Å². The third-order valence-corrected chi connectivity index (χ3v) is 5.60. The van der Waals surface area contributed by atoms with E-state index in [4.69, 9.17) is 4.74 Å². The number of hydrogen-bond acceptors (Lipinski definition) is 7. The zero-order valence-electron chi connectivity index (χ0n) is 18.8. The smallest absolute Gasteiger partial charge is 0.408 e. The molecular formula is C23H29N5O5. The second-order valence-corrected chi connectivity index (χ2v) is 8.40. The summed E-state index contributed by atoms with van der Waals surface area (Å²) < 4.78 is 6.91. The van der Waals surface area contributed by atoms with Gasteiger partial charge < -0.3 is 15.4 Å². The number of fused-ring (bicyclic) bond motifs is 1. The van der Waals surface area contributed by atoms with Gasteiger partial charge in [0, 0.05) is 18.9 Å². The van der Waals surface area contributed by atoms with Crippen molar-refractivity contribution in [1.82, 2.24) is 25.6 Å². The van der Waals surface area contributed by atoms with Crippen molar-refractivity contribution >= 4 is 23.6 Å². The van der Waals surface area contributed by atoms with Crippen molar-refractivity contribution in [3.8, 4) is 0 Å². The fourth-order valence-corrected chi connectivity index (χ4v) is 3.74. The van der Waals surface area contributed by atoms with Crippen molar-refractivity contribution in [2.45, 2.75) is 52.3 Å². The Bertz CT molecular complexity index is 988. The molecule has 2 unspecified atom stereocenters. The second-order valence-electron chi connectivity index (χ2n) is 8.40. The Labute approximate surface area is 192 Å². The van der Waals surface area contributed by atoms with Gasteiger partial charge in [-0.3, -0.25) is 14.4 Å². The van der Waals surface area contributed by atoms with Gasteiger partial charge in [-0.05, 0) is 24.3 Å². The molecule has 2 heterocycles. The maximum absolute atomic E-state index is 13.1. The third-order valence-electron chi connectivity index (χ3n) is 5.60. The molecule has 1 aromatic heterocycles. The fourth-order valence-electron chi connectivity index (χ4n) is 3.74. The summed E-state index contributed by atoms with van der Waals surface area (Å²) in [6.07, 6.45) is 1.51. The molecule has 1 aliphatic heterocycles. The molecule has 2 amide bonds. The third kappa shape index (κ3) is 6.71. The lowest BCUT2D eigenvalue weighted by atomic mass is 9.87.